The van der Waals surface area contributed by atoms with Crippen molar-refractivity contribution in [3.05, 3.63) is 109 Å². The van der Waals surface area contributed by atoms with Crippen LogP contribution in [-0.2, 0) is 71.0 Å². The first-order valence-corrected chi connectivity index (χ1v) is 36.2. The number of ketones is 7. The fraction of sp³-hybridized carbons (Fsp3) is 0.600. The van der Waals surface area contributed by atoms with Crippen LogP contribution in [0.2, 0.25) is 0 Å². The Balaban J connectivity index is 0.00000111. The molecule has 23 heteroatoms. The summed E-state index contributed by atoms with van der Waals surface area (Å²) in [6.07, 6.45) is 37.1. The van der Waals surface area contributed by atoms with Gasteiger partial charge in [0.25, 0.3) is 11.8 Å². The molecule has 1 aliphatic heterocycles. The highest BCUT2D eigenvalue weighted by atomic mass is 79.9. The summed E-state index contributed by atoms with van der Waals surface area (Å²) in [5, 5.41) is 16.9. The topological polar surface area (TPSA) is 329 Å². The maximum Gasteiger partial charge on any atom is 0.341 e. The molecule has 2 amide bonds. The van der Waals surface area contributed by atoms with Crippen molar-refractivity contribution >= 4 is 94.0 Å². The number of ether oxygens (including phenoxy) is 2. The van der Waals surface area contributed by atoms with Crippen LogP contribution in [0.5, 0.6) is 0 Å². The molecule has 1 heterocycles. The highest BCUT2D eigenvalue weighted by Crippen LogP contribution is 2.53. The number of fused-ring (bicyclic) bond motifs is 1. The number of carbonyl (C=O) groups is 12. The zero-order valence-corrected chi connectivity index (χ0v) is 62.7. The number of hydrogen-bond donors (Lipinski definition) is 3. The van der Waals surface area contributed by atoms with Crippen molar-refractivity contribution in [2.24, 2.45) is 44.1 Å². The van der Waals surface area contributed by atoms with Gasteiger partial charge in [0.1, 0.15) is 52.9 Å². The van der Waals surface area contributed by atoms with Gasteiger partial charge in [0.2, 0.25) is 0 Å². The molecule has 548 valence electrons. The number of carbonyl (C=O) groups excluding carboxylic acids is 12. The Morgan fingerprint density at radius 2 is 0.898 bits per heavy atom. The van der Waals surface area contributed by atoms with Gasteiger partial charge in [0.15, 0.2) is 0 Å². The van der Waals surface area contributed by atoms with Crippen LogP contribution in [0.3, 0.4) is 0 Å². The summed E-state index contributed by atoms with van der Waals surface area (Å²) < 4.78 is 28.9. The Kier molecular flexibility index (Phi) is 43.1. The van der Waals surface area contributed by atoms with Gasteiger partial charge < -0.3 is 39.3 Å². The third-order valence-electron chi connectivity index (χ3n) is 18.4. The number of imide groups is 1. The quantitative estimate of drug-likeness (QED) is 0.0128. The van der Waals surface area contributed by atoms with Gasteiger partial charge >= 0.3 is 19.5 Å². The van der Waals surface area contributed by atoms with E-state index in [0.29, 0.717) is 66.0 Å². The molecule has 1 aromatic carbocycles. The molecule has 0 saturated heterocycles. The Morgan fingerprint density at radius 3 is 1.13 bits per heavy atom. The van der Waals surface area contributed by atoms with Gasteiger partial charge in [-0.1, -0.05) is 82.7 Å². The summed E-state index contributed by atoms with van der Waals surface area (Å²) in [6.45, 7) is 21.4. The van der Waals surface area contributed by atoms with E-state index in [9.17, 15) is 62.1 Å². The molecule has 7 saturated carbocycles. The SMILES string of the molecule is C=CCBr.C=CCC1(C(C)=O)CC1.CC(=O)C1(CC=CCN)CC1.CC(=O)C1(CC=CCN2C(=O)c3ccccc3C2=O)CC1.CC(=O)C1(CC=CCO)CC1.CC(=O)C1(CC=O)CC1.CC(=O)C1CC1.CCO.COC(=O)C=CCC1(C(C)=O)CC1.COC(=O)CP(=O)(OC)OC. The van der Waals surface area contributed by atoms with E-state index in [2.05, 4.69) is 47.6 Å². The van der Waals surface area contributed by atoms with E-state index < -0.39 is 13.6 Å². The average molecular weight is 1460 g/mol. The van der Waals surface area contributed by atoms with Crippen molar-refractivity contribution in [3.63, 3.8) is 0 Å². The lowest BCUT2D eigenvalue weighted by atomic mass is 9.98. The Labute approximate surface area is 590 Å². The molecule has 0 radical (unpaired) electrons. The van der Waals surface area contributed by atoms with Gasteiger partial charge in [-0.3, -0.25) is 57.4 Å². The van der Waals surface area contributed by atoms with Crippen molar-refractivity contribution < 1.29 is 90.8 Å². The minimum Gasteiger partial charge on any atom is -0.469 e. The Morgan fingerprint density at radius 1 is 0.561 bits per heavy atom. The zero-order valence-electron chi connectivity index (χ0n) is 60.2. The summed E-state index contributed by atoms with van der Waals surface area (Å²) in [6, 6.07) is 6.86. The maximum atomic E-state index is 12.1. The lowest BCUT2D eigenvalue weighted by molar-refractivity contribution is -0.138. The third-order valence-corrected chi connectivity index (χ3v) is 20.6. The summed E-state index contributed by atoms with van der Waals surface area (Å²) in [4.78, 5) is 133. The van der Waals surface area contributed by atoms with E-state index in [-0.39, 0.29) is 93.5 Å². The fourth-order valence-corrected chi connectivity index (χ4v) is 10.4. The van der Waals surface area contributed by atoms with E-state index in [1.54, 1.807) is 97.9 Å². The maximum absolute atomic E-state index is 12.1. The first-order valence-electron chi connectivity index (χ1n) is 33.3. The van der Waals surface area contributed by atoms with Gasteiger partial charge in [-0.25, -0.2) is 4.79 Å². The molecule has 21 nitrogen and oxygen atoms in total. The molecule has 1 aromatic rings. The van der Waals surface area contributed by atoms with Crippen LogP contribution >= 0.6 is 23.5 Å². The van der Waals surface area contributed by atoms with E-state index in [1.165, 1.54) is 39.4 Å². The van der Waals surface area contributed by atoms with Gasteiger partial charge in [-0.15, -0.1) is 13.2 Å². The molecule has 8 aliphatic rings. The summed E-state index contributed by atoms with van der Waals surface area (Å²) in [7, 11) is 1.75. The monoisotopic (exact) mass is 1450 g/mol. The highest BCUT2D eigenvalue weighted by molar-refractivity contribution is 9.09. The van der Waals surface area contributed by atoms with Crippen LogP contribution < -0.4 is 5.73 Å². The van der Waals surface area contributed by atoms with Crippen molar-refractivity contribution in [2.45, 2.75) is 184 Å². The van der Waals surface area contributed by atoms with Gasteiger partial charge in [0.05, 0.1) is 32.0 Å². The molecule has 98 heavy (non-hydrogen) atoms. The standard InChI is InChI=1S/C17H17NO3.C10H14O3.C9H15NO.C9H14O2.C8H12O.C7H10O2.C5H11O5P.C5H8O.C3H5Br.C2H6O/c1-12(19)17(9-10-17)8-4-5-11-18-15(20)13-6-2-3-7-14(13)16(18)21;1-8(11)10(6-7-10)5-3-4-9(12)13-2;2*1-8(11)9(5-6-9)4-2-3-7-10;1-3-4-8(5-6-8)7(2)9;1-6(9)7(2-3-7)4-5-8;1-8-5(6)4-11(7,9-2)10-3;1-4(6)5-2-3-5;1-2-3-4;1-2-3/h2-7H,8-11H2,1H3;3-4H,5-7H2,1-2H3;2-3H,4-7,10H2,1H3;2-3,10H,4-7H2,1H3;3H,1,4-6H2,2H3;5H,2-4H2,1H3;4H2,1-3H3;5H,2-3H2,1H3;2H,1,3H2;3H,2H2,1H3. The molecule has 9 rings (SSSR count). The number of amides is 2. The van der Waals surface area contributed by atoms with Crippen molar-refractivity contribution in [2.75, 3.05) is 66.2 Å². The summed E-state index contributed by atoms with van der Waals surface area (Å²) >= 11 is 3.13. The Bertz CT molecular complexity index is 2880. The van der Waals surface area contributed by atoms with E-state index in [4.69, 9.17) is 15.9 Å². The van der Waals surface area contributed by atoms with Crippen LogP contribution in [0.25, 0.3) is 0 Å². The second kappa shape index (κ2) is 46.1. The number of allylic oxidation sites excluding steroid dienone is 6. The van der Waals surface area contributed by atoms with Crippen LogP contribution in [0.15, 0.2) is 98.2 Å². The number of nitrogens with zero attached hydrogens (tertiary/aromatic N) is 1. The molecule has 0 aromatic heterocycles. The molecule has 4 N–H and O–H groups in total. The predicted molar refractivity (Wildman–Crippen MR) is 383 cm³/mol. The normalized spacial score (nSPS) is 18.0. The summed E-state index contributed by atoms with van der Waals surface area (Å²) in [5.41, 5.74) is 5.73. The summed E-state index contributed by atoms with van der Waals surface area (Å²) in [5.74, 6) is 0.962. The van der Waals surface area contributed by atoms with Crippen LogP contribution in [0.1, 0.15) is 205 Å². The lowest BCUT2D eigenvalue weighted by Crippen LogP contribution is -2.29. The van der Waals surface area contributed by atoms with Crippen LogP contribution in [0, 0.1) is 38.4 Å². The van der Waals surface area contributed by atoms with Gasteiger partial charge in [-0.05, 0) is 190 Å². The number of halogens is 1. The van der Waals surface area contributed by atoms with Crippen LogP contribution in [0.4, 0.5) is 0 Å². The first kappa shape index (κ1) is 91.6. The third kappa shape index (κ3) is 33.6. The van der Waals surface area contributed by atoms with Crippen molar-refractivity contribution in [1.82, 2.24) is 4.90 Å². The number of nitrogens with two attached hydrogens (primary N) is 1. The number of aliphatic hydroxyl groups is 2. The van der Waals surface area contributed by atoms with E-state index >= 15 is 0 Å². The molecular weight excluding hydrogens is 1340 g/mol. The molecule has 7 aliphatic carbocycles. The molecule has 7 fully saturated rings. The molecule has 0 unspecified atom stereocenters. The first-order chi connectivity index (χ1) is 46.2. The Hall–Kier alpha value is -6.39. The number of alkyl halides is 1. The van der Waals surface area contributed by atoms with Crippen molar-refractivity contribution in [3.8, 4) is 0 Å². The second-order valence-electron chi connectivity index (χ2n) is 25.6. The average Bonchev–Trinajstić information content (AvgIpc) is 1.71. The van der Waals surface area contributed by atoms with Crippen molar-refractivity contribution in [1.29, 1.82) is 0 Å². The van der Waals surface area contributed by atoms with E-state index in [0.717, 1.165) is 121 Å². The number of methoxy groups -OCH3 is 2. The van der Waals surface area contributed by atoms with Gasteiger partial charge in [-0.2, -0.15) is 0 Å². The van der Waals surface area contributed by atoms with E-state index in [1.807, 2.05) is 36.5 Å². The largest absolute Gasteiger partial charge is 0.469 e. The molecule has 0 atom stereocenters. The molecular formula is C75H112BrN2O19P. The number of esters is 2. The minimum absolute atomic E-state index is 0.0195. The minimum atomic E-state index is -3.23. The zero-order chi connectivity index (χ0) is 75.0. The number of hydrogen-bond acceptors (Lipinski definition) is 20. The van der Waals surface area contributed by atoms with Crippen LogP contribution in [-0.4, -0.2) is 152 Å². The fourth-order valence-electron chi connectivity index (χ4n) is 9.59. The number of rotatable bonds is 29. The lowest BCUT2D eigenvalue weighted by Gasteiger charge is -2.11. The highest BCUT2D eigenvalue weighted by Gasteiger charge is 2.49. The smallest absolute Gasteiger partial charge is 0.341 e. The molecule has 0 bridgehead atoms. The van der Waals surface area contributed by atoms with Gasteiger partial charge in [0, 0.05) is 90.2 Å². The number of aliphatic hydroxyl groups excluding tert-OH is 2. The predicted octanol–water partition coefficient (Wildman–Crippen LogP) is 12.7. The number of Topliss-reactive ketones (excluding diaryl/α,β-unsaturated/α-hetero) is 7. The molecule has 0 spiro atoms. The second-order valence-corrected chi connectivity index (χ2v) is 28.5. The number of benzene rings is 1. The number of aldehydes is 1.